The third-order valence-electron chi connectivity index (χ3n) is 6.76. The SMILES string of the molecule is C=C(CN(C=O)C(=N/C=C\C)c1ccc(F)cc1)NC(C(=C)C1CCCCCCCCC1)C(C)C. The van der Waals surface area contributed by atoms with Gasteiger partial charge >= 0.3 is 0 Å². The summed E-state index contributed by atoms with van der Waals surface area (Å²) in [6, 6.07) is 6.08. The third kappa shape index (κ3) is 9.46. The maximum Gasteiger partial charge on any atom is 0.215 e. The smallest absolute Gasteiger partial charge is 0.215 e. The van der Waals surface area contributed by atoms with Gasteiger partial charge in [-0.15, -0.1) is 0 Å². The van der Waals surface area contributed by atoms with Gasteiger partial charge in [0.2, 0.25) is 6.41 Å². The summed E-state index contributed by atoms with van der Waals surface area (Å²) in [4.78, 5) is 18.0. The number of carbonyl (C=O) groups excluding carboxylic acids is 1. The second-order valence-corrected chi connectivity index (χ2v) is 9.97. The minimum atomic E-state index is -0.332. The van der Waals surface area contributed by atoms with Gasteiger partial charge in [0.15, 0.2) is 0 Å². The van der Waals surface area contributed by atoms with Gasteiger partial charge in [-0.1, -0.05) is 83.6 Å². The van der Waals surface area contributed by atoms with E-state index in [-0.39, 0.29) is 18.4 Å². The molecule has 35 heavy (non-hydrogen) atoms. The number of nitrogens with zero attached hydrogens (tertiary/aromatic N) is 2. The number of benzene rings is 1. The zero-order valence-corrected chi connectivity index (χ0v) is 21.9. The predicted octanol–water partition coefficient (Wildman–Crippen LogP) is 7.39. The highest BCUT2D eigenvalue weighted by molar-refractivity contribution is 6.04. The van der Waals surface area contributed by atoms with E-state index in [1.165, 1.54) is 80.4 Å². The summed E-state index contributed by atoms with van der Waals surface area (Å²) in [5.41, 5.74) is 2.64. The molecule has 1 aliphatic rings. The summed E-state index contributed by atoms with van der Waals surface area (Å²) in [6.45, 7) is 15.3. The molecular weight excluding hydrogens is 437 g/mol. The Labute approximate surface area is 212 Å². The normalized spacial score (nSPS) is 17.2. The van der Waals surface area contributed by atoms with Gasteiger partial charge < -0.3 is 5.32 Å². The number of hydrogen-bond donors (Lipinski definition) is 1. The van der Waals surface area contributed by atoms with Crippen molar-refractivity contribution in [2.24, 2.45) is 16.8 Å². The number of amides is 1. The number of rotatable bonds is 10. The lowest BCUT2D eigenvalue weighted by atomic mass is 9.81. The van der Waals surface area contributed by atoms with Crippen molar-refractivity contribution >= 4 is 12.2 Å². The van der Waals surface area contributed by atoms with Crippen LogP contribution in [-0.4, -0.2) is 29.7 Å². The van der Waals surface area contributed by atoms with Gasteiger partial charge in [-0.05, 0) is 55.9 Å². The monoisotopic (exact) mass is 481 g/mol. The van der Waals surface area contributed by atoms with E-state index in [2.05, 4.69) is 37.3 Å². The van der Waals surface area contributed by atoms with Crippen LogP contribution in [-0.2, 0) is 4.79 Å². The Balaban J connectivity index is 2.14. The van der Waals surface area contributed by atoms with E-state index >= 15 is 0 Å². The molecular formula is C30H44FN3O. The molecule has 1 fully saturated rings. The Morgan fingerprint density at radius 1 is 1.09 bits per heavy atom. The number of hydrogen-bond acceptors (Lipinski definition) is 3. The first kappa shape index (κ1) is 28.5. The van der Waals surface area contributed by atoms with Crippen LogP contribution >= 0.6 is 0 Å². The number of carbonyl (C=O) groups is 1. The largest absolute Gasteiger partial charge is 0.381 e. The number of nitrogens with one attached hydrogen (secondary N) is 1. The van der Waals surface area contributed by atoms with E-state index in [1.54, 1.807) is 24.4 Å². The quantitative estimate of drug-likeness (QED) is 0.164. The summed E-state index contributed by atoms with van der Waals surface area (Å²) < 4.78 is 13.5. The molecule has 4 nitrogen and oxygen atoms in total. The van der Waals surface area contributed by atoms with Crippen LogP contribution in [0.5, 0.6) is 0 Å². The molecule has 0 aromatic heterocycles. The Morgan fingerprint density at radius 2 is 1.66 bits per heavy atom. The molecule has 0 spiro atoms. The summed E-state index contributed by atoms with van der Waals surface area (Å²) in [5.74, 6) is 0.969. The fourth-order valence-electron chi connectivity index (χ4n) is 4.81. The Hall–Kier alpha value is -2.69. The summed E-state index contributed by atoms with van der Waals surface area (Å²) in [7, 11) is 0. The number of allylic oxidation sites excluding steroid dienone is 1. The molecule has 1 unspecified atom stereocenters. The molecule has 2 rings (SSSR count). The van der Waals surface area contributed by atoms with Crippen molar-refractivity contribution in [3.8, 4) is 0 Å². The van der Waals surface area contributed by atoms with Gasteiger partial charge in [-0.2, -0.15) is 0 Å². The first-order chi connectivity index (χ1) is 16.9. The van der Waals surface area contributed by atoms with Crippen LogP contribution in [0.3, 0.4) is 0 Å². The molecule has 1 amide bonds. The second kappa shape index (κ2) is 15.3. The first-order valence-electron chi connectivity index (χ1n) is 13.2. The third-order valence-corrected chi connectivity index (χ3v) is 6.76. The van der Waals surface area contributed by atoms with Crippen LogP contribution in [0.15, 0.2) is 66.0 Å². The highest BCUT2D eigenvalue weighted by Gasteiger charge is 2.25. The van der Waals surface area contributed by atoms with Gasteiger partial charge in [0.1, 0.15) is 11.7 Å². The highest BCUT2D eigenvalue weighted by atomic mass is 19.1. The fraction of sp³-hybridized carbons (Fsp3) is 0.533. The molecule has 192 valence electrons. The van der Waals surface area contributed by atoms with Crippen molar-refractivity contribution in [1.82, 2.24) is 10.2 Å². The maximum absolute atomic E-state index is 13.5. The molecule has 1 saturated carbocycles. The predicted molar refractivity (Wildman–Crippen MR) is 146 cm³/mol. The molecule has 0 aliphatic heterocycles. The highest BCUT2D eigenvalue weighted by Crippen LogP contribution is 2.30. The Bertz CT molecular complexity index is 862. The van der Waals surface area contributed by atoms with E-state index in [0.29, 0.717) is 23.2 Å². The lowest BCUT2D eigenvalue weighted by molar-refractivity contribution is -0.114. The van der Waals surface area contributed by atoms with Gasteiger partial charge in [0, 0.05) is 23.5 Å². The van der Waals surface area contributed by atoms with Crippen LogP contribution < -0.4 is 5.32 Å². The minimum absolute atomic E-state index is 0.0886. The molecule has 1 aromatic rings. The van der Waals surface area contributed by atoms with Crippen molar-refractivity contribution < 1.29 is 9.18 Å². The van der Waals surface area contributed by atoms with Gasteiger partial charge in [-0.25, -0.2) is 9.38 Å². The maximum atomic E-state index is 13.5. The van der Waals surface area contributed by atoms with Gasteiger partial charge in [0.25, 0.3) is 0 Å². The van der Waals surface area contributed by atoms with E-state index < -0.39 is 0 Å². The molecule has 1 aromatic carbocycles. The number of halogens is 1. The van der Waals surface area contributed by atoms with Crippen molar-refractivity contribution in [2.45, 2.75) is 84.6 Å². The Morgan fingerprint density at radius 3 is 2.17 bits per heavy atom. The van der Waals surface area contributed by atoms with Gasteiger partial charge in [-0.3, -0.25) is 9.69 Å². The summed E-state index contributed by atoms with van der Waals surface area (Å²) >= 11 is 0. The summed E-state index contributed by atoms with van der Waals surface area (Å²) in [6.07, 6.45) is 15.7. The average molecular weight is 482 g/mol. The van der Waals surface area contributed by atoms with E-state index in [4.69, 9.17) is 0 Å². The lowest BCUT2D eigenvalue weighted by Crippen LogP contribution is -2.41. The standard InChI is InChI=1S/C30H44FN3O/c1-6-20-32-30(27-16-18-28(31)19-17-27)34(22-35)21-24(4)33-29(23(2)3)25(5)26-14-12-10-8-7-9-11-13-15-26/h6,16-20,22-23,26,29,33H,4-5,7-15,21H2,1-3H3/b20-6-,32-30?. The molecule has 0 saturated heterocycles. The molecule has 0 radical (unpaired) electrons. The van der Waals surface area contributed by atoms with Crippen molar-refractivity contribution in [3.63, 3.8) is 0 Å². The molecule has 1 atom stereocenters. The molecule has 1 N–H and O–H groups in total. The molecule has 1 aliphatic carbocycles. The Kier molecular flexibility index (Phi) is 12.5. The second-order valence-electron chi connectivity index (χ2n) is 9.97. The molecule has 0 bridgehead atoms. The van der Waals surface area contributed by atoms with Crippen molar-refractivity contribution in [3.05, 3.63) is 72.4 Å². The topological polar surface area (TPSA) is 44.7 Å². The zero-order valence-electron chi connectivity index (χ0n) is 21.9. The molecule has 5 heteroatoms. The van der Waals surface area contributed by atoms with Crippen molar-refractivity contribution in [2.75, 3.05) is 6.54 Å². The van der Waals surface area contributed by atoms with Crippen LogP contribution in [0.2, 0.25) is 0 Å². The van der Waals surface area contributed by atoms with E-state index in [9.17, 15) is 9.18 Å². The van der Waals surface area contributed by atoms with Crippen LogP contribution in [0.1, 0.15) is 84.1 Å². The fourth-order valence-corrected chi connectivity index (χ4v) is 4.81. The van der Waals surface area contributed by atoms with E-state index in [1.807, 2.05) is 6.92 Å². The lowest BCUT2D eigenvalue weighted by Gasteiger charge is -2.33. The van der Waals surface area contributed by atoms with Crippen LogP contribution in [0.25, 0.3) is 0 Å². The first-order valence-corrected chi connectivity index (χ1v) is 13.2. The minimum Gasteiger partial charge on any atom is -0.381 e. The van der Waals surface area contributed by atoms with E-state index in [0.717, 1.165) is 12.1 Å². The average Bonchev–Trinajstić information content (AvgIpc) is 2.85. The zero-order chi connectivity index (χ0) is 25.6. The van der Waals surface area contributed by atoms with Crippen LogP contribution in [0.4, 0.5) is 4.39 Å². The summed E-state index contributed by atoms with van der Waals surface area (Å²) in [5, 5.41) is 3.59. The number of amidine groups is 1. The number of aliphatic imine (C=N–C) groups is 1. The van der Waals surface area contributed by atoms with Gasteiger partial charge in [0.05, 0.1) is 6.54 Å². The van der Waals surface area contributed by atoms with Crippen LogP contribution in [0, 0.1) is 17.7 Å². The van der Waals surface area contributed by atoms with Crippen molar-refractivity contribution in [1.29, 1.82) is 0 Å². The molecule has 0 heterocycles.